The van der Waals surface area contributed by atoms with Gasteiger partial charge in [-0.2, -0.15) is 0 Å². The predicted molar refractivity (Wildman–Crippen MR) is 75.3 cm³/mol. The number of hydrogen-bond donors (Lipinski definition) is 0. The summed E-state index contributed by atoms with van der Waals surface area (Å²) >= 11 is 7.37. The molecule has 1 heterocycles. The number of nitrogens with zero attached hydrogens (tertiary/aromatic N) is 2. The fourth-order valence-corrected chi connectivity index (χ4v) is 3.81. The van der Waals surface area contributed by atoms with E-state index in [1.54, 1.807) is 0 Å². The van der Waals surface area contributed by atoms with E-state index in [1.807, 2.05) is 12.4 Å². The van der Waals surface area contributed by atoms with Gasteiger partial charge in [-0.3, -0.25) is 4.98 Å². The fraction of sp³-hybridized carbons (Fsp3) is 0.583. The molecule has 4 heteroatoms. The molecule has 16 heavy (non-hydrogen) atoms. The highest BCUT2D eigenvalue weighted by atomic mass is 79.9. The average molecular weight is 348 g/mol. The summed E-state index contributed by atoms with van der Waals surface area (Å²) in [4.78, 5) is 7.07. The molecular formula is C12H16Br2N2. The summed E-state index contributed by atoms with van der Waals surface area (Å²) in [6.07, 6.45) is 8.93. The van der Waals surface area contributed by atoms with Gasteiger partial charge in [-0.15, -0.1) is 0 Å². The van der Waals surface area contributed by atoms with Crippen LogP contribution in [0.2, 0.25) is 0 Å². The molecule has 0 bridgehead atoms. The predicted octanol–water partition coefficient (Wildman–Crippen LogP) is 3.99. The Morgan fingerprint density at radius 2 is 2.12 bits per heavy atom. The van der Waals surface area contributed by atoms with Crippen molar-refractivity contribution in [3.05, 3.63) is 22.9 Å². The first-order chi connectivity index (χ1) is 7.70. The van der Waals surface area contributed by atoms with Crippen molar-refractivity contribution in [2.45, 2.75) is 36.6 Å². The van der Waals surface area contributed by atoms with E-state index < -0.39 is 0 Å². The first kappa shape index (κ1) is 12.4. The monoisotopic (exact) mass is 346 g/mol. The molecule has 1 aromatic heterocycles. The molecule has 2 nitrogen and oxygen atoms in total. The van der Waals surface area contributed by atoms with Gasteiger partial charge in [0.05, 0.1) is 10.2 Å². The Labute approximate surface area is 114 Å². The second kappa shape index (κ2) is 5.50. The van der Waals surface area contributed by atoms with Crippen molar-refractivity contribution in [3.8, 4) is 0 Å². The maximum Gasteiger partial charge on any atom is 0.0592 e. The van der Waals surface area contributed by atoms with Crippen molar-refractivity contribution in [1.82, 2.24) is 4.98 Å². The van der Waals surface area contributed by atoms with Crippen LogP contribution in [0.3, 0.4) is 0 Å². The second-order valence-electron chi connectivity index (χ2n) is 4.31. The Balaban J connectivity index is 2.17. The van der Waals surface area contributed by atoms with Crippen LogP contribution in [0.1, 0.15) is 25.7 Å². The zero-order valence-corrected chi connectivity index (χ0v) is 12.5. The SMILES string of the molecule is CN(c1ccncc1Br)C1CCCCC1Br. The molecule has 1 aromatic rings. The molecule has 2 rings (SSSR count). The third kappa shape index (κ3) is 2.59. The lowest BCUT2D eigenvalue weighted by Gasteiger charge is -2.37. The molecule has 0 N–H and O–H groups in total. The highest BCUT2D eigenvalue weighted by Gasteiger charge is 2.27. The lowest BCUT2D eigenvalue weighted by atomic mass is 9.94. The van der Waals surface area contributed by atoms with Crippen molar-refractivity contribution < 1.29 is 0 Å². The number of rotatable bonds is 2. The summed E-state index contributed by atoms with van der Waals surface area (Å²) < 4.78 is 1.07. The van der Waals surface area contributed by atoms with Gasteiger partial charge in [0.25, 0.3) is 0 Å². The van der Waals surface area contributed by atoms with Crippen LogP contribution in [-0.2, 0) is 0 Å². The van der Waals surface area contributed by atoms with Crippen LogP contribution < -0.4 is 4.90 Å². The third-order valence-electron chi connectivity index (χ3n) is 3.28. The Kier molecular flexibility index (Phi) is 4.25. The van der Waals surface area contributed by atoms with Crippen molar-refractivity contribution in [1.29, 1.82) is 0 Å². The van der Waals surface area contributed by atoms with Gasteiger partial charge in [-0.05, 0) is 34.8 Å². The zero-order chi connectivity index (χ0) is 11.5. The van der Waals surface area contributed by atoms with Crippen LogP contribution in [-0.4, -0.2) is 22.9 Å². The quantitative estimate of drug-likeness (QED) is 0.752. The molecular weight excluding hydrogens is 332 g/mol. The average Bonchev–Trinajstić information content (AvgIpc) is 2.29. The number of halogens is 2. The Bertz CT molecular complexity index is 357. The number of anilines is 1. The molecule has 2 atom stereocenters. The van der Waals surface area contributed by atoms with Crippen molar-refractivity contribution >= 4 is 37.5 Å². The van der Waals surface area contributed by atoms with Crippen LogP contribution in [0.4, 0.5) is 5.69 Å². The standard InChI is InChI=1S/C12H16Br2N2/c1-16(11-5-3-2-4-9(11)13)12-6-7-15-8-10(12)14/h6-9,11H,2-5H2,1H3. The minimum Gasteiger partial charge on any atom is -0.369 e. The van der Waals surface area contributed by atoms with Gasteiger partial charge in [0.1, 0.15) is 0 Å². The van der Waals surface area contributed by atoms with Gasteiger partial charge in [-0.1, -0.05) is 28.8 Å². The van der Waals surface area contributed by atoms with Crippen LogP contribution >= 0.6 is 31.9 Å². The molecule has 0 radical (unpaired) electrons. The summed E-state index contributed by atoms with van der Waals surface area (Å²) in [5.41, 5.74) is 1.23. The summed E-state index contributed by atoms with van der Waals surface area (Å²) in [5.74, 6) is 0. The lowest BCUT2D eigenvalue weighted by Crippen LogP contribution is -2.40. The summed E-state index contributed by atoms with van der Waals surface area (Å²) in [5, 5.41) is 0. The van der Waals surface area contributed by atoms with Gasteiger partial charge in [0.15, 0.2) is 0 Å². The Morgan fingerprint density at radius 1 is 1.38 bits per heavy atom. The highest BCUT2D eigenvalue weighted by Crippen LogP contribution is 2.33. The maximum atomic E-state index is 4.11. The number of aromatic nitrogens is 1. The molecule has 1 aliphatic carbocycles. The first-order valence-electron chi connectivity index (χ1n) is 5.66. The van der Waals surface area contributed by atoms with E-state index in [1.165, 1.54) is 31.4 Å². The van der Waals surface area contributed by atoms with Crippen molar-refractivity contribution in [2.24, 2.45) is 0 Å². The molecule has 1 aliphatic rings. The van der Waals surface area contributed by atoms with Crippen molar-refractivity contribution in [2.75, 3.05) is 11.9 Å². The summed E-state index contributed by atoms with van der Waals surface area (Å²) in [7, 11) is 2.17. The normalized spacial score (nSPS) is 25.4. The molecule has 0 saturated heterocycles. The number of alkyl halides is 1. The first-order valence-corrected chi connectivity index (χ1v) is 7.37. The van der Waals surface area contributed by atoms with Crippen LogP contribution in [0.5, 0.6) is 0 Å². The van der Waals surface area contributed by atoms with E-state index in [4.69, 9.17) is 0 Å². The van der Waals surface area contributed by atoms with E-state index in [-0.39, 0.29) is 0 Å². The van der Waals surface area contributed by atoms with E-state index in [0.717, 1.165) is 4.47 Å². The molecule has 88 valence electrons. The maximum absolute atomic E-state index is 4.11. The van der Waals surface area contributed by atoms with E-state index in [2.05, 4.69) is 54.9 Å². The minimum absolute atomic E-state index is 0.590. The molecule has 0 amide bonds. The van der Waals surface area contributed by atoms with Crippen LogP contribution in [0.15, 0.2) is 22.9 Å². The molecule has 0 aromatic carbocycles. The molecule has 1 fully saturated rings. The molecule has 0 spiro atoms. The molecule has 0 aliphatic heterocycles. The van der Waals surface area contributed by atoms with E-state index >= 15 is 0 Å². The van der Waals surface area contributed by atoms with Crippen LogP contribution in [0.25, 0.3) is 0 Å². The summed E-state index contributed by atoms with van der Waals surface area (Å²) in [6.45, 7) is 0. The van der Waals surface area contributed by atoms with Crippen LogP contribution in [0, 0.1) is 0 Å². The smallest absolute Gasteiger partial charge is 0.0592 e. The minimum atomic E-state index is 0.590. The second-order valence-corrected chi connectivity index (χ2v) is 6.34. The molecule has 1 saturated carbocycles. The van der Waals surface area contributed by atoms with E-state index in [0.29, 0.717) is 10.9 Å². The van der Waals surface area contributed by atoms with E-state index in [9.17, 15) is 0 Å². The number of hydrogen-bond acceptors (Lipinski definition) is 2. The zero-order valence-electron chi connectivity index (χ0n) is 9.37. The third-order valence-corrected chi connectivity index (χ3v) is 4.95. The van der Waals surface area contributed by atoms with Gasteiger partial charge in [0.2, 0.25) is 0 Å². The van der Waals surface area contributed by atoms with Gasteiger partial charge >= 0.3 is 0 Å². The molecule has 2 unspecified atom stereocenters. The highest BCUT2D eigenvalue weighted by molar-refractivity contribution is 9.10. The van der Waals surface area contributed by atoms with Gasteiger partial charge < -0.3 is 4.90 Å². The number of pyridine rings is 1. The Hall–Kier alpha value is -0.0900. The largest absolute Gasteiger partial charge is 0.369 e. The Morgan fingerprint density at radius 3 is 2.81 bits per heavy atom. The van der Waals surface area contributed by atoms with Gasteiger partial charge in [0, 0.05) is 30.3 Å². The fourth-order valence-electron chi connectivity index (χ4n) is 2.33. The topological polar surface area (TPSA) is 16.1 Å². The summed E-state index contributed by atoms with van der Waals surface area (Å²) in [6, 6.07) is 2.66. The van der Waals surface area contributed by atoms with Crippen molar-refractivity contribution in [3.63, 3.8) is 0 Å². The lowest BCUT2D eigenvalue weighted by molar-refractivity contribution is 0.443. The van der Waals surface area contributed by atoms with Gasteiger partial charge in [-0.25, -0.2) is 0 Å².